The first-order valence-corrected chi connectivity index (χ1v) is 39.4. The van der Waals surface area contributed by atoms with Crippen LogP contribution in [0.15, 0.2) is 152 Å². The Morgan fingerprint density at radius 3 is 1.06 bits per heavy atom. The molecule has 6 aromatic carbocycles. The second-order valence-corrected chi connectivity index (χ2v) is 32.5. The second kappa shape index (κ2) is 31.6. The molecule has 0 saturated carbocycles. The van der Waals surface area contributed by atoms with E-state index in [0.29, 0.717) is 0 Å². The fraction of sp³-hybridized carbons (Fsp3) is 0.468. The lowest BCUT2D eigenvalue weighted by molar-refractivity contribution is 0.398. The zero-order valence-electron chi connectivity index (χ0n) is 63.0. The van der Waals surface area contributed by atoms with Crippen molar-refractivity contribution in [2.24, 2.45) is 0 Å². The molecule has 2 aliphatic rings. The highest BCUT2D eigenvalue weighted by Crippen LogP contribution is 2.58. The van der Waals surface area contributed by atoms with E-state index in [-0.39, 0.29) is 21.7 Å². The zero-order valence-corrected chi connectivity index (χ0v) is 63.0. The fourth-order valence-electron chi connectivity index (χ4n) is 17.1. The van der Waals surface area contributed by atoms with Crippen molar-refractivity contribution in [3.05, 3.63) is 196 Å². The van der Waals surface area contributed by atoms with Gasteiger partial charge < -0.3 is 0 Å². The number of hydrogen-bond donors (Lipinski definition) is 0. The van der Waals surface area contributed by atoms with Gasteiger partial charge in [0.05, 0.1) is 33.8 Å². The molecule has 0 fully saturated rings. The van der Waals surface area contributed by atoms with Crippen molar-refractivity contribution >= 4 is 21.8 Å². The quantitative estimate of drug-likeness (QED) is 0.0385. The Kier molecular flexibility index (Phi) is 22.8. The number of rotatable bonds is 33. The Balaban J connectivity index is 1.06. The van der Waals surface area contributed by atoms with E-state index in [9.17, 15) is 0 Å². The Hall–Kier alpha value is -7.50. The molecule has 0 atom stereocenters. The maximum absolute atomic E-state index is 5.96. The van der Waals surface area contributed by atoms with Crippen molar-refractivity contribution in [2.75, 3.05) is 0 Å². The van der Waals surface area contributed by atoms with E-state index in [1.54, 1.807) is 5.56 Å². The molecule has 0 unspecified atom stereocenters. The summed E-state index contributed by atoms with van der Waals surface area (Å²) >= 11 is 0. The lowest BCUT2D eigenvalue weighted by Crippen LogP contribution is -2.26. The molecule has 0 radical (unpaired) electrons. The number of pyridine rings is 2. The smallest absolute Gasteiger partial charge is 0.235 e. The summed E-state index contributed by atoms with van der Waals surface area (Å²) in [6.45, 7) is 27.8. The van der Waals surface area contributed by atoms with E-state index in [2.05, 4.69) is 233 Å². The third kappa shape index (κ3) is 15.4. The maximum atomic E-state index is 5.96. The molecule has 12 rings (SSSR count). The van der Waals surface area contributed by atoms with Crippen molar-refractivity contribution in [1.29, 1.82) is 0 Å². The molecule has 0 bridgehead atoms. The minimum absolute atomic E-state index is 0.0319. The predicted molar refractivity (Wildman–Crippen MR) is 425 cm³/mol. The summed E-state index contributed by atoms with van der Waals surface area (Å²) in [6.07, 6.45) is 39.3. The molecule has 0 saturated heterocycles. The van der Waals surface area contributed by atoms with E-state index in [1.165, 1.54) is 244 Å². The van der Waals surface area contributed by atoms with Crippen molar-refractivity contribution in [3.8, 4) is 73.2 Å². The minimum Gasteiger partial charge on any atom is -0.278 e. The molecule has 5 nitrogen and oxygen atoms in total. The fourth-order valence-corrected chi connectivity index (χ4v) is 17.1. The Labute approximate surface area is 597 Å². The van der Waals surface area contributed by atoms with Crippen LogP contribution in [-0.4, -0.2) is 24.5 Å². The van der Waals surface area contributed by atoms with Gasteiger partial charge in [0.1, 0.15) is 0 Å². The predicted octanol–water partition coefficient (Wildman–Crippen LogP) is 27.8. The molecule has 4 heterocycles. The largest absolute Gasteiger partial charge is 0.278 e. The van der Waals surface area contributed by atoms with Gasteiger partial charge in [-0.25, -0.2) is 9.97 Å². The normalized spacial score (nSPS) is 13.7. The summed E-state index contributed by atoms with van der Waals surface area (Å²) in [5.41, 5.74) is 27.1. The van der Waals surface area contributed by atoms with Crippen LogP contribution in [0.3, 0.4) is 0 Å². The molecule has 518 valence electrons. The van der Waals surface area contributed by atoms with Crippen LogP contribution < -0.4 is 0 Å². The molecule has 99 heavy (non-hydrogen) atoms. The van der Waals surface area contributed by atoms with Gasteiger partial charge in [-0.3, -0.25) is 14.5 Å². The number of hydrogen-bond acceptors (Lipinski definition) is 4. The van der Waals surface area contributed by atoms with Crippen molar-refractivity contribution < 1.29 is 0 Å². The van der Waals surface area contributed by atoms with E-state index >= 15 is 0 Å². The third-order valence-electron chi connectivity index (χ3n) is 23.0. The Morgan fingerprint density at radius 1 is 0.313 bits per heavy atom. The van der Waals surface area contributed by atoms with Gasteiger partial charge in [-0.05, 0) is 178 Å². The minimum atomic E-state index is -0.185. The molecule has 10 aromatic rings. The summed E-state index contributed by atoms with van der Waals surface area (Å²) in [6, 6.07) is 55.2. The molecule has 0 aliphatic heterocycles. The summed E-state index contributed by atoms with van der Waals surface area (Å²) in [5, 5.41) is 2.50. The van der Waals surface area contributed by atoms with Gasteiger partial charge in [0.15, 0.2) is 0 Å². The van der Waals surface area contributed by atoms with Gasteiger partial charge in [0.25, 0.3) is 0 Å². The van der Waals surface area contributed by atoms with Crippen LogP contribution in [0, 0.1) is 13.8 Å². The molecular weight excluding hydrogens is 1200 g/mol. The first-order chi connectivity index (χ1) is 48.0. The van der Waals surface area contributed by atoms with Crippen molar-refractivity contribution in [3.63, 3.8) is 0 Å². The summed E-state index contributed by atoms with van der Waals surface area (Å²) in [5.74, 6) is 0.719. The number of fused-ring (bicyclic) bond motifs is 9. The van der Waals surface area contributed by atoms with Gasteiger partial charge >= 0.3 is 0 Å². The number of aromatic nitrogens is 5. The summed E-state index contributed by atoms with van der Waals surface area (Å²) in [4.78, 5) is 21.7. The van der Waals surface area contributed by atoms with Crippen LogP contribution in [0.5, 0.6) is 0 Å². The van der Waals surface area contributed by atoms with E-state index < -0.39 is 0 Å². The van der Waals surface area contributed by atoms with Gasteiger partial charge in [-0.15, -0.1) is 0 Å². The van der Waals surface area contributed by atoms with Gasteiger partial charge in [-0.2, -0.15) is 0 Å². The second-order valence-electron chi connectivity index (χ2n) is 32.5. The molecule has 0 spiro atoms. The van der Waals surface area contributed by atoms with Crippen LogP contribution in [0.4, 0.5) is 0 Å². The van der Waals surface area contributed by atoms with Gasteiger partial charge in [0, 0.05) is 50.7 Å². The molecule has 0 amide bonds. The molecule has 2 aliphatic carbocycles. The van der Waals surface area contributed by atoms with Crippen LogP contribution >= 0.6 is 0 Å². The molecule has 0 N–H and O–H groups in total. The van der Waals surface area contributed by atoms with Crippen LogP contribution in [0.25, 0.3) is 95.0 Å². The third-order valence-corrected chi connectivity index (χ3v) is 23.0. The molecular formula is C94H117N5. The standard InChI is InChI=1S/C94H117N5/c1-13-17-21-25-29-33-53-93(54-34-30-26-22-18-14-2)80-57-66(5)37-45-74(80)76-47-40-69(59-82(76)93)86-63-87(98-90(97-86)99-88-51-43-72(91(7,8)9)61-78(88)79-62-73(92(10,11)12)44-52-89(79)99)70-41-48-77-75-46-39-68(71-42-50-85(96-65-71)84-49-38-67(6)64-95-84)58-81(75)94(83(77)60-70,55-35-31-27-23-19-15-3)56-36-32-28-24-20-16-4/h37-52,57-65H,13-36,53-56H2,1-12H3. The highest BCUT2D eigenvalue weighted by molar-refractivity contribution is 6.09. The number of benzene rings is 6. The Bertz CT molecular complexity index is 4270. The highest BCUT2D eigenvalue weighted by atomic mass is 15.2. The lowest BCUT2D eigenvalue weighted by atomic mass is 9.70. The Morgan fingerprint density at radius 2 is 0.667 bits per heavy atom. The summed E-state index contributed by atoms with van der Waals surface area (Å²) < 4.78 is 2.41. The van der Waals surface area contributed by atoms with Crippen LogP contribution in [-0.2, 0) is 21.7 Å². The lowest BCUT2D eigenvalue weighted by Gasteiger charge is -2.33. The van der Waals surface area contributed by atoms with E-state index in [4.69, 9.17) is 19.9 Å². The number of nitrogens with zero attached hydrogens (tertiary/aromatic N) is 5. The van der Waals surface area contributed by atoms with Crippen molar-refractivity contribution in [2.45, 2.75) is 285 Å². The number of aryl methyl sites for hydroxylation is 2. The highest BCUT2D eigenvalue weighted by Gasteiger charge is 2.45. The first kappa shape index (κ1) is 71.3. The average Bonchev–Trinajstić information content (AvgIpc) is 1.58. The zero-order chi connectivity index (χ0) is 69.3. The van der Waals surface area contributed by atoms with Gasteiger partial charge in [-0.1, -0.05) is 308 Å². The van der Waals surface area contributed by atoms with Crippen molar-refractivity contribution in [1.82, 2.24) is 24.5 Å². The average molecular weight is 1320 g/mol. The SMILES string of the molecule is CCCCCCCCC1(CCCCCCCC)c2cc(C)ccc2-c2ccc(-c3cc(-c4ccc5c(c4)C(CCCCCCCC)(CCCCCCCC)c4cc(-c6ccc(-c7ccc(C)cn7)nc6)ccc4-5)nc(-n4c5ccc(C(C)(C)C)cc5c5cc(C(C)(C)C)ccc54)n3)cc21. The topological polar surface area (TPSA) is 56.5 Å². The summed E-state index contributed by atoms with van der Waals surface area (Å²) in [7, 11) is 0. The maximum Gasteiger partial charge on any atom is 0.235 e. The van der Waals surface area contributed by atoms with E-state index in [1.807, 2.05) is 6.20 Å². The monoisotopic (exact) mass is 1320 g/mol. The molecule has 4 aromatic heterocycles. The first-order valence-electron chi connectivity index (χ1n) is 39.4. The number of unbranched alkanes of at least 4 members (excludes halogenated alkanes) is 20. The van der Waals surface area contributed by atoms with E-state index in [0.717, 1.165) is 69.3 Å². The van der Waals surface area contributed by atoms with Crippen LogP contribution in [0.1, 0.15) is 294 Å². The van der Waals surface area contributed by atoms with Crippen LogP contribution in [0.2, 0.25) is 0 Å². The molecule has 5 heteroatoms. The van der Waals surface area contributed by atoms with Gasteiger partial charge in [0.2, 0.25) is 5.95 Å².